The van der Waals surface area contributed by atoms with Crippen molar-refractivity contribution in [1.29, 1.82) is 0 Å². The third-order valence-corrected chi connectivity index (χ3v) is 3.60. The molecule has 0 radical (unpaired) electrons. The van der Waals surface area contributed by atoms with Crippen molar-refractivity contribution in [1.82, 2.24) is 19.5 Å². The molecule has 136 valence electrons. The first-order valence-corrected chi connectivity index (χ1v) is 7.42. The molecule has 0 atom stereocenters. The summed E-state index contributed by atoms with van der Waals surface area (Å²) in [6.45, 7) is -0.650. The minimum Gasteiger partial charge on any atom is -0.350 e. The minimum absolute atomic E-state index is 0.0335. The van der Waals surface area contributed by atoms with Crippen LogP contribution >= 0.6 is 0 Å². The van der Waals surface area contributed by atoms with E-state index < -0.39 is 35.8 Å². The maximum Gasteiger partial charge on any atom is 0.437 e. The van der Waals surface area contributed by atoms with Crippen LogP contribution in [-0.2, 0) is 24.1 Å². The molecule has 1 aromatic carbocycles. The molecule has 0 spiro atoms. The molecule has 3 aromatic rings. The third-order valence-electron chi connectivity index (χ3n) is 3.60. The standard InChI is InChI=1S/C16H12F4N4O2/c17-11-5-3-10(4-6-11)8-21-13(25)9-24-15(26)23-7-1-2-12(23)14(22-24)16(18,19)20/h1-7H,8-9H2,(H,21,25). The molecule has 0 unspecified atom stereocenters. The fraction of sp³-hybridized carbons (Fsp3) is 0.188. The van der Waals surface area contributed by atoms with Gasteiger partial charge in [-0.1, -0.05) is 12.1 Å². The van der Waals surface area contributed by atoms with Gasteiger partial charge in [-0.05, 0) is 29.8 Å². The molecule has 3 rings (SSSR count). The molecule has 0 aliphatic carbocycles. The number of aromatic nitrogens is 3. The highest BCUT2D eigenvalue weighted by Gasteiger charge is 2.36. The highest BCUT2D eigenvalue weighted by molar-refractivity contribution is 5.75. The molecular formula is C16H12F4N4O2. The average molecular weight is 368 g/mol. The van der Waals surface area contributed by atoms with E-state index in [1.807, 2.05) is 0 Å². The molecule has 0 bridgehead atoms. The molecule has 0 fully saturated rings. The molecule has 6 nitrogen and oxygen atoms in total. The van der Waals surface area contributed by atoms with E-state index in [1.165, 1.54) is 36.5 Å². The maximum absolute atomic E-state index is 13.1. The topological polar surface area (TPSA) is 68.4 Å². The summed E-state index contributed by atoms with van der Waals surface area (Å²) in [5.74, 6) is -1.14. The Labute approximate surface area is 143 Å². The minimum atomic E-state index is -4.78. The Morgan fingerprint density at radius 2 is 1.85 bits per heavy atom. The second-order valence-corrected chi connectivity index (χ2v) is 5.45. The van der Waals surface area contributed by atoms with E-state index >= 15 is 0 Å². The summed E-state index contributed by atoms with van der Waals surface area (Å²) in [5, 5.41) is 5.74. The summed E-state index contributed by atoms with van der Waals surface area (Å²) >= 11 is 0. The van der Waals surface area contributed by atoms with Crippen LogP contribution in [0.4, 0.5) is 17.6 Å². The van der Waals surface area contributed by atoms with Gasteiger partial charge in [-0.15, -0.1) is 0 Å². The van der Waals surface area contributed by atoms with Crippen LogP contribution < -0.4 is 11.0 Å². The number of carbonyl (C=O) groups is 1. The second-order valence-electron chi connectivity index (χ2n) is 5.45. The summed E-state index contributed by atoms with van der Waals surface area (Å²) < 4.78 is 53.4. The summed E-state index contributed by atoms with van der Waals surface area (Å²) in [4.78, 5) is 24.2. The van der Waals surface area contributed by atoms with Crippen molar-refractivity contribution < 1.29 is 22.4 Å². The average Bonchev–Trinajstić information content (AvgIpc) is 3.05. The number of amides is 1. The van der Waals surface area contributed by atoms with Crippen molar-refractivity contribution in [2.45, 2.75) is 19.3 Å². The normalized spacial score (nSPS) is 11.7. The van der Waals surface area contributed by atoms with Gasteiger partial charge in [0.2, 0.25) is 5.91 Å². The Hall–Kier alpha value is -3.17. The Balaban J connectivity index is 1.81. The molecule has 0 saturated carbocycles. The van der Waals surface area contributed by atoms with Crippen molar-refractivity contribution in [2.24, 2.45) is 0 Å². The molecule has 1 amide bonds. The molecular weight excluding hydrogens is 356 g/mol. The highest BCUT2D eigenvalue weighted by Crippen LogP contribution is 2.30. The van der Waals surface area contributed by atoms with E-state index in [9.17, 15) is 27.2 Å². The van der Waals surface area contributed by atoms with Crippen molar-refractivity contribution in [3.8, 4) is 0 Å². The molecule has 0 aliphatic heterocycles. The van der Waals surface area contributed by atoms with Crippen molar-refractivity contribution >= 4 is 11.4 Å². The maximum atomic E-state index is 13.1. The van der Waals surface area contributed by atoms with Gasteiger partial charge in [0.1, 0.15) is 12.4 Å². The molecule has 26 heavy (non-hydrogen) atoms. The number of halogens is 4. The summed E-state index contributed by atoms with van der Waals surface area (Å²) in [6.07, 6.45) is -3.61. The predicted octanol–water partition coefficient (Wildman–Crippen LogP) is 1.97. The first-order valence-electron chi connectivity index (χ1n) is 7.42. The third kappa shape index (κ3) is 3.58. The van der Waals surface area contributed by atoms with Crippen LogP contribution in [0, 0.1) is 5.82 Å². The molecule has 0 saturated heterocycles. The summed E-state index contributed by atoms with van der Waals surface area (Å²) in [6, 6.07) is 7.73. The quantitative estimate of drug-likeness (QED) is 0.716. The Bertz CT molecular complexity index is 1010. The van der Waals surface area contributed by atoms with Crippen LogP contribution in [0.2, 0.25) is 0 Å². The number of nitrogens with one attached hydrogen (secondary N) is 1. The summed E-state index contributed by atoms with van der Waals surface area (Å²) in [7, 11) is 0. The van der Waals surface area contributed by atoms with E-state index in [-0.39, 0.29) is 12.1 Å². The first-order chi connectivity index (χ1) is 12.3. The van der Waals surface area contributed by atoms with Crippen LogP contribution in [-0.4, -0.2) is 20.1 Å². The smallest absolute Gasteiger partial charge is 0.350 e. The van der Waals surface area contributed by atoms with E-state index in [2.05, 4.69) is 10.4 Å². The van der Waals surface area contributed by atoms with E-state index in [4.69, 9.17) is 0 Å². The number of benzene rings is 1. The molecule has 2 aromatic heterocycles. The molecule has 10 heteroatoms. The van der Waals surface area contributed by atoms with Crippen LogP contribution in [0.15, 0.2) is 47.4 Å². The van der Waals surface area contributed by atoms with E-state index in [0.29, 0.717) is 10.2 Å². The zero-order valence-electron chi connectivity index (χ0n) is 13.1. The highest BCUT2D eigenvalue weighted by atomic mass is 19.4. The number of hydrogen-bond acceptors (Lipinski definition) is 3. The van der Waals surface area contributed by atoms with Crippen molar-refractivity contribution in [3.05, 3.63) is 70.2 Å². The number of rotatable bonds is 4. The van der Waals surface area contributed by atoms with Crippen LogP contribution in [0.5, 0.6) is 0 Å². The number of carbonyl (C=O) groups excluding carboxylic acids is 1. The summed E-state index contributed by atoms with van der Waals surface area (Å²) in [5.41, 5.74) is -1.91. The molecule has 2 heterocycles. The SMILES string of the molecule is O=C(Cn1nc(C(F)(F)F)c2cccn2c1=O)NCc1ccc(F)cc1. The second kappa shape index (κ2) is 6.62. The van der Waals surface area contributed by atoms with Crippen LogP contribution in [0.3, 0.4) is 0 Å². The lowest BCUT2D eigenvalue weighted by Crippen LogP contribution is -2.37. The van der Waals surface area contributed by atoms with Gasteiger partial charge >= 0.3 is 11.9 Å². The van der Waals surface area contributed by atoms with Gasteiger partial charge in [-0.2, -0.15) is 18.3 Å². The number of fused-ring (bicyclic) bond motifs is 1. The lowest BCUT2D eigenvalue weighted by molar-refractivity contribution is -0.141. The Morgan fingerprint density at radius 1 is 1.15 bits per heavy atom. The first kappa shape index (κ1) is 17.6. The van der Waals surface area contributed by atoms with Gasteiger partial charge in [0.15, 0.2) is 5.69 Å². The van der Waals surface area contributed by atoms with E-state index in [0.717, 1.165) is 10.5 Å². The van der Waals surface area contributed by atoms with Gasteiger partial charge in [-0.3, -0.25) is 9.20 Å². The Morgan fingerprint density at radius 3 is 2.50 bits per heavy atom. The lowest BCUT2D eigenvalue weighted by atomic mass is 10.2. The van der Waals surface area contributed by atoms with Gasteiger partial charge in [0, 0.05) is 12.7 Å². The number of alkyl halides is 3. The largest absolute Gasteiger partial charge is 0.437 e. The van der Waals surface area contributed by atoms with Gasteiger partial charge in [0.05, 0.1) is 5.52 Å². The number of hydrogen-bond donors (Lipinski definition) is 1. The van der Waals surface area contributed by atoms with Gasteiger partial charge in [0.25, 0.3) is 0 Å². The molecule has 0 aliphatic rings. The lowest BCUT2D eigenvalue weighted by Gasteiger charge is -2.12. The van der Waals surface area contributed by atoms with Gasteiger partial charge < -0.3 is 5.32 Å². The molecule has 1 N–H and O–H groups in total. The zero-order chi connectivity index (χ0) is 18.9. The van der Waals surface area contributed by atoms with Crippen molar-refractivity contribution in [3.63, 3.8) is 0 Å². The van der Waals surface area contributed by atoms with Gasteiger partial charge in [-0.25, -0.2) is 13.9 Å². The number of nitrogens with zero attached hydrogens (tertiary/aromatic N) is 3. The van der Waals surface area contributed by atoms with Crippen LogP contribution in [0.1, 0.15) is 11.3 Å². The zero-order valence-corrected chi connectivity index (χ0v) is 13.1. The fourth-order valence-electron chi connectivity index (χ4n) is 2.38. The predicted molar refractivity (Wildman–Crippen MR) is 82.7 cm³/mol. The Kier molecular flexibility index (Phi) is 4.49. The van der Waals surface area contributed by atoms with Crippen molar-refractivity contribution in [2.75, 3.05) is 0 Å². The fourth-order valence-corrected chi connectivity index (χ4v) is 2.38. The monoisotopic (exact) mass is 368 g/mol. The van der Waals surface area contributed by atoms with Crippen LogP contribution in [0.25, 0.3) is 5.52 Å². The van der Waals surface area contributed by atoms with E-state index in [1.54, 1.807) is 0 Å².